The predicted molar refractivity (Wildman–Crippen MR) is 133 cm³/mol. The van der Waals surface area contributed by atoms with E-state index < -0.39 is 29.7 Å². The Balaban J connectivity index is 0.00000432. The molecule has 1 heterocycles. The number of halogens is 2. The monoisotopic (exact) mass is 503 g/mol. The number of pyridine rings is 1. The Morgan fingerprint density at radius 2 is 1.69 bits per heavy atom. The normalized spacial score (nSPS) is 11.3. The van der Waals surface area contributed by atoms with Gasteiger partial charge in [0.2, 0.25) is 11.8 Å². The molecule has 0 unspecified atom stereocenters. The zero-order valence-electron chi connectivity index (χ0n) is 19.5. The van der Waals surface area contributed by atoms with Crippen LogP contribution >= 0.6 is 13.5 Å². The number of amides is 2. The number of anilines is 1. The smallest absolute Gasteiger partial charge is 0.413 e. The van der Waals surface area contributed by atoms with Crippen molar-refractivity contribution in [2.75, 3.05) is 11.9 Å². The molecule has 0 aliphatic carbocycles. The second-order valence-electron chi connectivity index (χ2n) is 7.80. The minimum Gasteiger partial charge on any atom is -0.475 e. The van der Waals surface area contributed by atoms with E-state index in [1.54, 1.807) is 42.5 Å². The molecule has 0 radical (unpaired) electrons. The molecule has 3 rings (SSSR count). The van der Waals surface area contributed by atoms with E-state index in [2.05, 4.69) is 10.3 Å². The van der Waals surface area contributed by atoms with Gasteiger partial charge in [0.05, 0.1) is 18.0 Å². The van der Waals surface area contributed by atoms with E-state index in [0.29, 0.717) is 11.6 Å². The molecule has 0 saturated heterocycles. The molecule has 0 aliphatic rings. The van der Waals surface area contributed by atoms with Crippen LogP contribution in [0.3, 0.4) is 0 Å². The number of aromatic nitrogens is 1. The topological polar surface area (TPSA) is 80.8 Å². The lowest BCUT2D eigenvalue weighted by Gasteiger charge is -2.24. The van der Waals surface area contributed by atoms with Gasteiger partial charge in [-0.2, -0.15) is 13.5 Å². The summed E-state index contributed by atoms with van der Waals surface area (Å²) in [5.74, 6) is -1.43. The molecule has 10 heteroatoms. The van der Waals surface area contributed by atoms with Crippen LogP contribution < -0.4 is 19.7 Å². The summed E-state index contributed by atoms with van der Waals surface area (Å²) in [7, 11) is 1.51. The molecule has 1 atom stereocenters. The average Bonchev–Trinajstić information content (AvgIpc) is 2.78. The van der Waals surface area contributed by atoms with E-state index in [1.807, 2.05) is 13.8 Å². The van der Waals surface area contributed by atoms with E-state index in [4.69, 9.17) is 9.47 Å². The number of carbonyl (C=O) groups excluding carboxylic acids is 2. The van der Waals surface area contributed by atoms with Crippen LogP contribution in [0.5, 0.6) is 11.6 Å². The Bertz CT molecular complexity index is 1110. The van der Waals surface area contributed by atoms with Crippen LogP contribution in [0.2, 0.25) is 0 Å². The van der Waals surface area contributed by atoms with Gasteiger partial charge in [0, 0.05) is 25.6 Å². The Morgan fingerprint density at radius 1 is 1.03 bits per heavy atom. The first kappa shape index (κ1) is 27.6. The van der Waals surface area contributed by atoms with Crippen LogP contribution in [0.25, 0.3) is 0 Å². The van der Waals surface area contributed by atoms with E-state index in [9.17, 15) is 18.4 Å². The number of para-hydroxylation sites is 1. The third-order valence-electron chi connectivity index (χ3n) is 4.70. The number of benzene rings is 2. The largest absolute Gasteiger partial charge is 0.475 e. The Kier molecular flexibility index (Phi) is 10.0. The fraction of sp³-hybridized carbons (Fsp3) is 0.240. The number of rotatable bonds is 8. The Morgan fingerprint density at radius 3 is 2.26 bits per heavy atom. The lowest BCUT2D eigenvalue weighted by atomic mass is 10.0. The van der Waals surface area contributed by atoms with Crippen LogP contribution in [-0.2, 0) is 11.2 Å². The van der Waals surface area contributed by atoms with Crippen molar-refractivity contribution in [3.8, 4) is 11.6 Å². The van der Waals surface area contributed by atoms with Crippen molar-refractivity contribution in [2.24, 2.45) is 0 Å². The molecule has 2 amide bonds. The van der Waals surface area contributed by atoms with Crippen LogP contribution in [-0.4, -0.2) is 36.2 Å². The molecule has 2 aromatic carbocycles. The van der Waals surface area contributed by atoms with E-state index in [1.165, 1.54) is 18.1 Å². The predicted octanol–water partition coefficient (Wildman–Crippen LogP) is 4.62. The molecule has 7 nitrogen and oxygen atoms in total. The molecule has 186 valence electrons. The van der Waals surface area contributed by atoms with Crippen molar-refractivity contribution in [1.29, 1.82) is 0 Å². The first-order valence-electron chi connectivity index (χ1n) is 10.6. The molecule has 1 N–H and O–H groups in total. The van der Waals surface area contributed by atoms with Crippen molar-refractivity contribution >= 4 is 31.2 Å². The zero-order valence-corrected chi connectivity index (χ0v) is 20.5. The third-order valence-corrected chi connectivity index (χ3v) is 4.70. The Hall–Kier alpha value is -3.66. The van der Waals surface area contributed by atoms with Gasteiger partial charge in [-0.3, -0.25) is 4.79 Å². The summed E-state index contributed by atoms with van der Waals surface area (Å²) < 4.78 is 38.2. The second kappa shape index (κ2) is 12.7. The summed E-state index contributed by atoms with van der Waals surface area (Å²) in [5.41, 5.74) is 0.637. The van der Waals surface area contributed by atoms with Gasteiger partial charge < -0.3 is 19.7 Å². The molecule has 3 aromatic rings. The number of hydrogen-bond acceptors (Lipinski definition) is 5. The standard InChI is InChI=1S/C25H25F2N3O4.H2S/c1-16(2)33-23-10-9-20(15-28-23)30(3)24(31)22(13-17-11-18(26)14-19(27)12-17)29-25(32)34-21-7-5-4-6-8-21;/h4-12,14-16,22H,13H2,1-3H3,(H,29,32);1H2/t22-;/m0./s1. The minimum atomic E-state index is -1.17. The molecule has 0 spiro atoms. The summed E-state index contributed by atoms with van der Waals surface area (Å²) in [6.45, 7) is 3.73. The van der Waals surface area contributed by atoms with Crippen molar-refractivity contribution in [1.82, 2.24) is 10.3 Å². The van der Waals surface area contributed by atoms with Crippen molar-refractivity contribution in [2.45, 2.75) is 32.4 Å². The first-order chi connectivity index (χ1) is 16.2. The zero-order chi connectivity index (χ0) is 24.7. The second-order valence-corrected chi connectivity index (χ2v) is 7.80. The molecule has 1 aromatic heterocycles. The number of carbonyl (C=O) groups is 2. The van der Waals surface area contributed by atoms with E-state index >= 15 is 0 Å². The van der Waals surface area contributed by atoms with Gasteiger partial charge >= 0.3 is 6.09 Å². The summed E-state index contributed by atoms with van der Waals surface area (Å²) in [4.78, 5) is 31.2. The van der Waals surface area contributed by atoms with Crippen molar-refractivity contribution in [3.05, 3.63) is 84.1 Å². The van der Waals surface area contributed by atoms with E-state index in [-0.39, 0.29) is 37.3 Å². The molecular formula is C25H27F2N3O4S. The van der Waals surface area contributed by atoms with Gasteiger partial charge in [-0.1, -0.05) is 18.2 Å². The molecule has 0 bridgehead atoms. The molecular weight excluding hydrogens is 476 g/mol. The van der Waals surface area contributed by atoms with Gasteiger partial charge in [-0.25, -0.2) is 18.6 Å². The molecule has 0 saturated carbocycles. The molecule has 35 heavy (non-hydrogen) atoms. The van der Waals surface area contributed by atoms with Crippen LogP contribution in [0.15, 0.2) is 66.9 Å². The van der Waals surface area contributed by atoms with Crippen LogP contribution in [0.4, 0.5) is 19.3 Å². The third kappa shape index (κ3) is 8.25. The number of likely N-dealkylation sites (N-methyl/N-ethyl adjacent to an activating group) is 1. The quantitative estimate of drug-likeness (QED) is 0.485. The fourth-order valence-corrected chi connectivity index (χ4v) is 3.17. The minimum absolute atomic E-state index is 0. The van der Waals surface area contributed by atoms with Crippen molar-refractivity contribution < 1.29 is 27.8 Å². The lowest BCUT2D eigenvalue weighted by molar-refractivity contribution is -0.120. The summed E-state index contributed by atoms with van der Waals surface area (Å²) >= 11 is 0. The maximum atomic E-state index is 13.7. The number of ether oxygens (including phenoxy) is 2. The van der Waals surface area contributed by atoms with Gasteiger partial charge in [0.1, 0.15) is 23.4 Å². The van der Waals surface area contributed by atoms with Gasteiger partial charge in [0.25, 0.3) is 0 Å². The van der Waals surface area contributed by atoms with Crippen molar-refractivity contribution in [3.63, 3.8) is 0 Å². The van der Waals surface area contributed by atoms with Gasteiger partial charge in [0.15, 0.2) is 0 Å². The lowest BCUT2D eigenvalue weighted by Crippen LogP contribution is -2.49. The maximum Gasteiger partial charge on any atom is 0.413 e. The molecule has 0 aliphatic heterocycles. The fourth-order valence-electron chi connectivity index (χ4n) is 3.17. The number of nitrogens with zero attached hydrogens (tertiary/aromatic N) is 2. The van der Waals surface area contributed by atoms with Gasteiger partial charge in [-0.15, -0.1) is 0 Å². The summed E-state index contributed by atoms with van der Waals surface area (Å²) in [6.07, 6.45) is 0.350. The van der Waals surface area contributed by atoms with E-state index in [0.717, 1.165) is 18.2 Å². The highest BCUT2D eigenvalue weighted by molar-refractivity contribution is 7.59. The SMILES string of the molecule is CC(C)Oc1ccc(N(C)C(=O)[C@H](Cc2cc(F)cc(F)c2)NC(=O)Oc2ccccc2)cn1.S. The molecule has 0 fully saturated rings. The Labute approximate surface area is 209 Å². The van der Waals surface area contributed by atoms with Gasteiger partial charge in [-0.05, 0) is 49.7 Å². The van der Waals surface area contributed by atoms with Crippen LogP contribution in [0, 0.1) is 11.6 Å². The average molecular weight is 504 g/mol. The maximum absolute atomic E-state index is 13.7. The summed E-state index contributed by atoms with van der Waals surface area (Å²) in [5, 5.41) is 2.50. The highest BCUT2D eigenvalue weighted by atomic mass is 32.1. The van der Waals surface area contributed by atoms with Crippen LogP contribution in [0.1, 0.15) is 19.4 Å². The first-order valence-corrected chi connectivity index (χ1v) is 10.6. The number of hydrogen-bond donors (Lipinski definition) is 1. The summed E-state index contributed by atoms with van der Waals surface area (Å²) in [6, 6.07) is 13.3. The number of nitrogens with one attached hydrogen (secondary N) is 1. The highest BCUT2D eigenvalue weighted by Crippen LogP contribution is 2.19. The highest BCUT2D eigenvalue weighted by Gasteiger charge is 2.27.